The summed E-state index contributed by atoms with van der Waals surface area (Å²) in [5, 5.41) is 7.60. The van der Waals surface area contributed by atoms with Crippen molar-refractivity contribution in [1.82, 2.24) is 10.3 Å². The molecule has 1 fully saturated rings. The van der Waals surface area contributed by atoms with E-state index in [4.69, 9.17) is 17.3 Å². The lowest BCUT2D eigenvalue weighted by Crippen LogP contribution is -2.48. The minimum atomic E-state index is -0.670. The maximum Gasteiger partial charge on any atom is 0.247 e. The maximum atomic E-state index is 13.3. The molecule has 1 aliphatic rings. The van der Waals surface area contributed by atoms with Crippen LogP contribution < -0.4 is 16.4 Å². The zero-order valence-electron chi connectivity index (χ0n) is 18.9. The molecule has 4 rings (SSSR count). The number of halogens is 1. The molecule has 0 radical (unpaired) electrons. The predicted molar refractivity (Wildman–Crippen MR) is 133 cm³/mol. The molecule has 2 amide bonds. The predicted octanol–water partition coefficient (Wildman–Crippen LogP) is 4.56. The molecule has 0 spiro atoms. The number of aromatic amines is 1. The normalized spacial score (nSPS) is 19.2. The van der Waals surface area contributed by atoms with E-state index in [2.05, 4.69) is 15.6 Å². The second kappa shape index (κ2) is 10.4. The van der Waals surface area contributed by atoms with Gasteiger partial charge < -0.3 is 21.4 Å². The Morgan fingerprint density at radius 2 is 1.85 bits per heavy atom. The van der Waals surface area contributed by atoms with Crippen LogP contribution in [-0.2, 0) is 16.0 Å². The topological polar surface area (TPSA) is 100 Å². The fraction of sp³-hybridized carbons (Fsp3) is 0.385. The number of carbonyl (C=O) groups excluding carboxylic acids is 2. The molecule has 6 nitrogen and oxygen atoms in total. The fourth-order valence-corrected chi connectivity index (χ4v) is 4.83. The summed E-state index contributed by atoms with van der Waals surface area (Å²) >= 11 is 6.32. The van der Waals surface area contributed by atoms with Crippen molar-refractivity contribution in [3.63, 3.8) is 0 Å². The Bertz CT molecular complexity index is 1120. The van der Waals surface area contributed by atoms with Crippen LogP contribution in [-0.4, -0.2) is 29.4 Å². The van der Waals surface area contributed by atoms with Gasteiger partial charge in [0.25, 0.3) is 0 Å². The molecule has 174 valence electrons. The molecule has 33 heavy (non-hydrogen) atoms. The number of anilines is 1. The third-order valence-corrected chi connectivity index (χ3v) is 7.13. The second-order valence-corrected chi connectivity index (χ2v) is 9.40. The summed E-state index contributed by atoms with van der Waals surface area (Å²) in [6.07, 6.45) is 3.98. The quantitative estimate of drug-likeness (QED) is 0.410. The summed E-state index contributed by atoms with van der Waals surface area (Å²) in [4.78, 5) is 29.5. The van der Waals surface area contributed by atoms with Gasteiger partial charge in [-0.25, -0.2) is 0 Å². The summed E-state index contributed by atoms with van der Waals surface area (Å²) in [6, 6.07) is 14.6. The lowest BCUT2D eigenvalue weighted by atomic mass is 9.81. The second-order valence-electron chi connectivity index (χ2n) is 9.02. The third-order valence-electron chi connectivity index (χ3n) is 6.64. The highest BCUT2D eigenvalue weighted by atomic mass is 35.5. The van der Waals surface area contributed by atoms with Crippen molar-refractivity contribution in [2.75, 3.05) is 11.9 Å². The Hall–Kier alpha value is -2.83. The van der Waals surface area contributed by atoms with Gasteiger partial charge in [0.15, 0.2) is 0 Å². The van der Waals surface area contributed by atoms with Crippen LogP contribution in [0.3, 0.4) is 0 Å². The van der Waals surface area contributed by atoms with E-state index in [0.717, 1.165) is 47.8 Å². The van der Waals surface area contributed by atoms with Crippen molar-refractivity contribution < 1.29 is 9.59 Å². The lowest BCUT2D eigenvalue weighted by molar-refractivity contribution is -0.130. The summed E-state index contributed by atoms with van der Waals surface area (Å²) < 4.78 is 0. The van der Waals surface area contributed by atoms with Gasteiger partial charge in [-0.15, -0.1) is 0 Å². The van der Waals surface area contributed by atoms with Crippen LogP contribution in [0, 0.1) is 18.8 Å². The number of hydrogen-bond acceptors (Lipinski definition) is 3. The van der Waals surface area contributed by atoms with E-state index in [1.54, 1.807) is 0 Å². The molecular formula is C26H31ClN4O2. The number of hydrogen-bond donors (Lipinski definition) is 4. The number of amides is 2. The molecule has 3 aromatic rings. The molecule has 0 unspecified atom stereocenters. The van der Waals surface area contributed by atoms with Gasteiger partial charge in [0.1, 0.15) is 6.04 Å². The monoisotopic (exact) mass is 466 g/mol. The molecule has 1 aliphatic carbocycles. The van der Waals surface area contributed by atoms with E-state index >= 15 is 0 Å². The number of benzene rings is 2. The van der Waals surface area contributed by atoms with Crippen LogP contribution in [0.5, 0.6) is 0 Å². The Morgan fingerprint density at radius 1 is 1.12 bits per heavy atom. The van der Waals surface area contributed by atoms with E-state index in [0.29, 0.717) is 29.6 Å². The standard InChI is InChI=1S/C26H31ClN4O2/c1-16-24(27)21-12-11-20(14-22(21)29-16)30-26(33)23(13-17-5-3-2-4-6-17)31-25(32)19-9-7-18(15-28)8-10-19/h2-6,11-12,14,18-19,23,29H,7-10,13,15,28H2,1H3,(H,30,33)(H,31,32)/t18?,19?,23-/m1/s1. The summed E-state index contributed by atoms with van der Waals surface area (Å²) in [5.41, 5.74) is 9.17. The minimum Gasteiger partial charge on any atom is -0.357 e. The molecule has 0 bridgehead atoms. The first kappa shape index (κ1) is 23.3. The SMILES string of the molecule is Cc1[nH]c2cc(NC(=O)[C@@H](Cc3ccccc3)NC(=O)C3CCC(CN)CC3)ccc2c1Cl. The average molecular weight is 467 g/mol. The maximum absolute atomic E-state index is 13.3. The highest BCUT2D eigenvalue weighted by Gasteiger charge is 2.29. The van der Waals surface area contributed by atoms with E-state index < -0.39 is 6.04 Å². The first-order valence-electron chi connectivity index (χ1n) is 11.6. The number of aryl methyl sites for hydroxylation is 1. The molecule has 2 aromatic carbocycles. The highest BCUT2D eigenvalue weighted by Crippen LogP contribution is 2.30. The van der Waals surface area contributed by atoms with Crippen molar-refractivity contribution in [1.29, 1.82) is 0 Å². The molecule has 1 atom stereocenters. The number of nitrogens with one attached hydrogen (secondary N) is 3. The van der Waals surface area contributed by atoms with Gasteiger partial charge in [-0.2, -0.15) is 0 Å². The number of H-pyrrole nitrogens is 1. The van der Waals surface area contributed by atoms with E-state index in [9.17, 15) is 9.59 Å². The van der Waals surface area contributed by atoms with E-state index in [-0.39, 0.29) is 17.7 Å². The Balaban J connectivity index is 1.48. The Labute approximate surface area is 199 Å². The van der Waals surface area contributed by atoms with Gasteiger partial charge in [-0.1, -0.05) is 41.9 Å². The van der Waals surface area contributed by atoms with Gasteiger partial charge in [-0.3, -0.25) is 9.59 Å². The van der Waals surface area contributed by atoms with E-state index in [1.807, 2.05) is 55.5 Å². The van der Waals surface area contributed by atoms with Crippen LogP contribution in [0.15, 0.2) is 48.5 Å². The Morgan fingerprint density at radius 3 is 2.55 bits per heavy atom. The first-order chi connectivity index (χ1) is 15.9. The molecular weight excluding hydrogens is 436 g/mol. The number of aromatic nitrogens is 1. The largest absolute Gasteiger partial charge is 0.357 e. The lowest BCUT2D eigenvalue weighted by Gasteiger charge is -2.28. The van der Waals surface area contributed by atoms with Crippen LogP contribution in [0.4, 0.5) is 5.69 Å². The summed E-state index contributed by atoms with van der Waals surface area (Å²) in [5.74, 6) is 0.136. The molecule has 7 heteroatoms. The van der Waals surface area contributed by atoms with Gasteiger partial charge in [0, 0.05) is 34.6 Å². The molecule has 0 saturated heterocycles. The summed E-state index contributed by atoms with van der Waals surface area (Å²) in [7, 11) is 0. The molecule has 0 aliphatic heterocycles. The average Bonchev–Trinajstić information content (AvgIpc) is 3.12. The molecule has 1 saturated carbocycles. The van der Waals surface area contributed by atoms with Crippen LogP contribution in [0.2, 0.25) is 5.02 Å². The van der Waals surface area contributed by atoms with Crippen molar-refractivity contribution in [3.05, 3.63) is 64.8 Å². The minimum absolute atomic E-state index is 0.0521. The number of carbonyl (C=O) groups is 2. The van der Waals surface area contributed by atoms with Gasteiger partial charge in [0.2, 0.25) is 11.8 Å². The molecule has 5 N–H and O–H groups in total. The van der Waals surface area contributed by atoms with Crippen LogP contribution in [0.25, 0.3) is 10.9 Å². The van der Waals surface area contributed by atoms with Gasteiger partial charge in [-0.05, 0) is 68.8 Å². The number of fused-ring (bicyclic) bond motifs is 1. The van der Waals surface area contributed by atoms with Gasteiger partial charge in [0.05, 0.1) is 5.02 Å². The fourth-order valence-electron chi connectivity index (χ4n) is 4.61. The molecule has 1 heterocycles. The number of rotatable bonds is 7. The first-order valence-corrected chi connectivity index (χ1v) is 12.0. The van der Waals surface area contributed by atoms with E-state index in [1.165, 1.54) is 0 Å². The van der Waals surface area contributed by atoms with Crippen molar-refractivity contribution in [3.8, 4) is 0 Å². The summed E-state index contributed by atoms with van der Waals surface area (Å²) in [6.45, 7) is 2.58. The smallest absolute Gasteiger partial charge is 0.247 e. The van der Waals surface area contributed by atoms with Gasteiger partial charge >= 0.3 is 0 Å². The number of nitrogens with two attached hydrogens (primary N) is 1. The zero-order valence-corrected chi connectivity index (χ0v) is 19.6. The van der Waals surface area contributed by atoms with Crippen molar-refractivity contribution in [2.24, 2.45) is 17.6 Å². The van der Waals surface area contributed by atoms with Crippen molar-refractivity contribution >= 4 is 40.0 Å². The zero-order chi connectivity index (χ0) is 23.4. The molecule has 1 aromatic heterocycles. The van der Waals surface area contributed by atoms with Crippen LogP contribution >= 0.6 is 11.6 Å². The van der Waals surface area contributed by atoms with Crippen LogP contribution in [0.1, 0.15) is 36.9 Å². The highest BCUT2D eigenvalue weighted by molar-refractivity contribution is 6.36. The third kappa shape index (κ3) is 5.57. The van der Waals surface area contributed by atoms with Crippen molar-refractivity contribution in [2.45, 2.75) is 45.1 Å². The Kier molecular flexibility index (Phi) is 7.36.